The molecule has 0 spiro atoms. The molecule has 0 atom stereocenters. The summed E-state index contributed by atoms with van der Waals surface area (Å²) in [6.07, 6.45) is 0. The van der Waals surface area contributed by atoms with Crippen LogP contribution in [0, 0.1) is 11.3 Å². The van der Waals surface area contributed by atoms with Gasteiger partial charge < -0.3 is 14.6 Å². The molecule has 0 bridgehead atoms. The molecule has 2 rings (SSSR count). The van der Waals surface area contributed by atoms with Crippen LogP contribution in [0.4, 0.5) is 0 Å². The first kappa shape index (κ1) is 14.2. The van der Waals surface area contributed by atoms with Gasteiger partial charge in [0.1, 0.15) is 11.8 Å². The van der Waals surface area contributed by atoms with Gasteiger partial charge in [-0.1, -0.05) is 17.7 Å². The first-order valence-electron chi connectivity index (χ1n) is 5.83. The summed E-state index contributed by atoms with van der Waals surface area (Å²) in [5.74, 6) is 1.34. The van der Waals surface area contributed by atoms with E-state index in [1.807, 2.05) is 6.07 Å². The van der Waals surface area contributed by atoms with Crippen LogP contribution in [0.5, 0.6) is 17.2 Å². The Morgan fingerprint density at radius 3 is 2.55 bits per heavy atom. The van der Waals surface area contributed by atoms with Crippen molar-refractivity contribution in [1.82, 2.24) is 0 Å². The predicted octanol–water partition coefficient (Wildman–Crippen LogP) is 3.50. The molecule has 2 aromatic rings. The summed E-state index contributed by atoms with van der Waals surface area (Å²) in [6, 6.07) is 11.9. The summed E-state index contributed by atoms with van der Waals surface area (Å²) in [5, 5.41) is 18.6. The zero-order valence-electron chi connectivity index (χ0n) is 10.8. The minimum Gasteiger partial charge on any atom is -0.493 e. The maximum Gasteiger partial charge on any atom is 0.169 e. The lowest BCUT2D eigenvalue weighted by Crippen LogP contribution is -1.94. The summed E-state index contributed by atoms with van der Waals surface area (Å²) in [7, 11) is 1.51. The van der Waals surface area contributed by atoms with E-state index in [-0.39, 0.29) is 6.61 Å². The molecule has 0 saturated heterocycles. The Bertz CT molecular complexity index is 665. The number of benzene rings is 2. The Kier molecular flexibility index (Phi) is 4.46. The fourth-order valence-corrected chi connectivity index (χ4v) is 1.86. The Balaban J connectivity index is 2.37. The zero-order valence-corrected chi connectivity index (χ0v) is 11.5. The van der Waals surface area contributed by atoms with Gasteiger partial charge in [-0.05, 0) is 35.9 Å². The van der Waals surface area contributed by atoms with Gasteiger partial charge in [0, 0.05) is 5.02 Å². The lowest BCUT2D eigenvalue weighted by Gasteiger charge is -2.12. The molecule has 0 heterocycles. The van der Waals surface area contributed by atoms with E-state index in [0.717, 1.165) is 0 Å². The van der Waals surface area contributed by atoms with Crippen LogP contribution < -0.4 is 9.47 Å². The molecule has 2 aromatic carbocycles. The quantitative estimate of drug-likeness (QED) is 0.935. The van der Waals surface area contributed by atoms with E-state index in [2.05, 4.69) is 0 Å². The predicted molar refractivity (Wildman–Crippen MR) is 75.2 cm³/mol. The number of nitrogens with zero attached hydrogens (tertiary/aromatic N) is 1. The second-order valence-electron chi connectivity index (χ2n) is 4.00. The molecule has 0 aromatic heterocycles. The second-order valence-corrected chi connectivity index (χ2v) is 4.43. The molecule has 0 aliphatic carbocycles. The summed E-state index contributed by atoms with van der Waals surface area (Å²) >= 11 is 5.84. The van der Waals surface area contributed by atoms with Gasteiger partial charge in [-0.15, -0.1) is 0 Å². The van der Waals surface area contributed by atoms with Crippen LogP contribution in [0.1, 0.15) is 11.1 Å². The average molecular weight is 290 g/mol. The third-order valence-electron chi connectivity index (χ3n) is 2.69. The highest BCUT2D eigenvalue weighted by atomic mass is 35.5. The average Bonchev–Trinajstić information content (AvgIpc) is 2.49. The monoisotopic (exact) mass is 289 g/mol. The molecule has 1 N–H and O–H groups in total. The SMILES string of the molecule is COc1cc(CO)ccc1Oc1ccc(Cl)cc1C#N. The molecule has 0 saturated carbocycles. The largest absolute Gasteiger partial charge is 0.493 e. The highest BCUT2D eigenvalue weighted by molar-refractivity contribution is 6.30. The topological polar surface area (TPSA) is 62.5 Å². The van der Waals surface area contributed by atoms with Crippen LogP contribution in [-0.4, -0.2) is 12.2 Å². The van der Waals surface area contributed by atoms with Crippen LogP contribution in [-0.2, 0) is 6.61 Å². The van der Waals surface area contributed by atoms with Crippen LogP contribution in [0.25, 0.3) is 0 Å². The normalized spacial score (nSPS) is 9.90. The smallest absolute Gasteiger partial charge is 0.169 e. The van der Waals surface area contributed by atoms with Gasteiger partial charge in [0.2, 0.25) is 0 Å². The molecule has 0 aliphatic heterocycles. The maximum atomic E-state index is 9.10. The van der Waals surface area contributed by atoms with E-state index in [1.54, 1.807) is 30.3 Å². The number of hydrogen-bond acceptors (Lipinski definition) is 4. The first-order valence-corrected chi connectivity index (χ1v) is 6.21. The van der Waals surface area contributed by atoms with Crippen LogP contribution in [0.2, 0.25) is 5.02 Å². The highest BCUT2D eigenvalue weighted by Crippen LogP contribution is 2.34. The summed E-state index contributed by atoms with van der Waals surface area (Å²) in [5.41, 5.74) is 1.05. The second kappa shape index (κ2) is 6.29. The Labute approximate surface area is 121 Å². The van der Waals surface area contributed by atoms with Gasteiger partial charge in [0.25, 0.3) is 0 Å². The Hall–Kier alpha value is -2.22. The fraction of sp³-hybridized carbons (Fsp3) is 0.133. The molecular formula is C15H12ClNO3. The van der Waals surface area contributed by atoms with Gasteiger partial charge in [-0.25, -0.2) is 0 Å². The minimum atomic E-state index is -0.0823. The molecule has 0 amide bonds. The number of aliphatic hydroxyl groups excluding tert-OH is 1. The van der Waals surface area contributed by atoms with Crippen molar-refractivity contribution in [3.8, 4) is 23.3 Å². The van der Waals surface area contributed by atoms with Crippen molar-refractivity contribution >= 4 is 11.6 Å². The third-order valence-corrected chi connectivity index (χ3v) is 2.93. The Morgan fingerprint density at radius 2 is 1.90 bits per heavy atom. The molecule has 0 aliphatic rings. The number of rotatable bonds is 4. The zero-order chi connectivity index (χ0) is 14.5. The van der Waals surface area contributed by atoms with Crippen LogP contribution in [0.15, 0.2) is 36.4 Å². The lowest BCUT2D eigenvalue weighted by molar-refractivity contribution is 0.280. The number of ether oxygens (including phenoxy) is 2. The molecule has 20 heavy (non-hydrogen) atoms. The van der Waals surface area contributed by atoms with Gasteiger partial charge >= 0.3 is 0 Å². The number of halogens is 1. The van der Waals surface area contributed by atoms with Crippen molar-refractivity contribution in [1.29, 1.82) is 5.26 Å². The van der Waals surface area contributed by atoms with Crippen molar-refractivity contribution in [2.24, 2.45) is 0 Å². The number of aliphatic hydroxyl groups is 1. The minimum absolute atomic E-state index is 0.0823. The van der Waals surface area contributed by atoms with Crippen LogP contribution >= 0.6 is 11.6 Å². The van der Waals surface area contributed by atoms with Crippen molar-refractivity contribution in [2.75, 3.05) is 7.11 Å². The standard InChI is InChI=1S/C15H12ClNO3/c1-19-15-6-10(9-18)2-4-14(15)20-13-5-3-12(16)7-11(13)8-17/h2-7,18H,9H2,1H3. The van der Waals surface area contributed by atoms with Crippen molar-refractivity contribution in [3.05, 3.63) is 52.5 Å². The number of nitriles is 1. The lowest BCUT2D eigenvalue weighted by atomic mass is 10.2. The van der Waals surface area contributed by atoms with Gasteiger partial charge in [0.05, 0.1) is 19.3 Å². The molecule has 0 fully saturated rings. The maximum absolute atomic E-state index is 9.10. The highest BCUT2D eigenvalue weighted by Gasteiger charge is 2.10. The molecular weight excluding hydrogens is 278 g/mol. The molecule has 0 radical (unpaired) electrons. The van der Waals surface area contributed by atoms with Crippen molar-refractivity contribution < 1.29 is 14.6 Å². The first-order chi connectivity index (χ1) is 9.67. The molecule has 4 nitrogen and oxygen atoms in total. The number of hydrogen-bond donors (Lipinski definition) is 1. The summed E-state index contributed by atoms with van der Waals surface area (Å²) < 4.78 is 10.9. The van der Waals surface area contributed by atoms with E-state index in [1.165, 1.54) is 13.2 Å². The number of methoxy groups -OCH3 is 1. The fourth-order valence-electron chi connectivity index (χ4n) is 1.69. The van der Waals surface area contributed by atoms with E-state index < -0.39 is 0 Å². The van der Waals surface area contributed by atoms with Gasteiger partial charge in [-0.2, -0.15) is 5.26 Å². The van der Waals surface area contributed by atoms with E-state index in [0.29, 0.717) is 33.4 Å². The van der Waals surface area contributed by atoms with Crippen molar-refractivity contribution in [2.45, 2.75) is 6.61 Å². The van der Waals surface area contributed by atoms with E-state index >= 15 is 0 Å². The third kappa shape index (κ3) is 3.02. The van der Waals surface area contributed by atoms with Crippen molar-refractivity contribution in [3.63, 3.8) is 0 Å². The van der Waals surface area contributed by atoms with Gasteiger partial charge in [0.15, 0.2) is 11.5 Å². The summed E-state index contributed by atoms with van der Waals surface area (Å²) in [6.45, 7) is -0.0823. The molecule has 102 valence electrons. The summed E-state index contributed by atoms with van der Waals surface area (Å²) in [4.78, 5) is 0. The van der Waals surface area contributed by atoms with E-state index in [4.69, 9.17) is 31.4 Å². The van der Waals surface area contributed by atoms with Crippen LogP contribution in [0.3, 0.4) is 0 Å². The molecule has 5 heteroatoms. The molecule has 0 unspecified atom stereocenters. The van der Waals surface area contributed by atoms with Gasteiger partial charge in [-0.3, -0.25) is 0 Å². The van der Waals surface area contributed by atoms with E-state index in [9.17, 15) is 0 Å². The Morgan fingerprint density at radius 1 is 1.15 bits per heavy atom.